The number of esters is 1. The molecule has 0 spiro atoms. The maximum Gasteiger partial charge on any atom is 0.359 e. The van der Waals surface area contributed by atoms with Crippen LogP contribution in [0.25, 0.3) is 0 Å². The van der Waals surface area contributed by atoms with Gasteiger partial charge in [-0.3, -0.25) is 4.79 Å². The summed E-state index contributed by atoms with van der Waals surface area (Å²) in [4.78, 5) is 27.6. The number of nitrogens with zero attached hydrogens (tertiary/aromatic N) is 1. The normalized spacial score (nSPS) is 20.9. The lowest BCUT2D eigenvalue weighted by Gasteiger charge is -2.29. The first kappa shape index (κ1) is 18.3. The van der Waals surface area contributed by atoms with Gasteiger partial charge in [-0.2, -0.15) is 0 Å². The maximum atomic E-state index is 11.9. The van der Waals surface area contributed by atoms with Crippen molar-refractivity contribution in [3.8, 4) is 0 Å². The zero-order chi connectivity index (χ0) is 17.0. The van der Waals surface area contributed by atoms with Crippen molar-refractivity contribution < 1.29 is 14.3 Å². The van der Waals surface area contributed by atoms with E-state index in [2.05, 4.69) is 17.2 Å². The fourth-order valence-electron chi connectivity index (χ4n) is 2.56. The summed E-state index contributed by atoms with van der Waals surface area (Å²) in [6.07, 6.45) is 5.52. The molecule has 1 aliphatic rings. The Morgan fingerprint density at radius 3 is 2.65 bits per heavy atom. The highest BCUT2D eigenvalue weighted by Gasteiger charge is 2.24. The highest BCUT2D eigenvalue weighted by molar-refractivity contribution is 6.48. The number of aromatic nitrogens is 1. The fraction of sp³-hybridized carbons (Fsp3) is 0.533. The van der Waals surface area contributed by atoms with Crippen LogP contribution in [-0.4, -0.2) is 29.5 Å². The van der Waals surface area contributed by atoms with Crippen molar-refractivity contribution in [2.45, 2.75) is 38.6 Å². The van der Waals surface area contributed by atoms with Gasteiger partial charge in [0.1, 0.15) is 0 Å². The molecule has 126 valence electrons. The Labute approximate surface area is 149 Å². The largest absolute Gasteiger partial charge is 0.451 e. The maximum absolute atomic E-state index is 11.9. The molecule has 1 heterocycles. The van der Waals surface area contributed by atoms with Crippen molar-refractivity contribution in [1.29, 1.82) is 0 Å². The third-order valence-corrected chi connectivity index (χ3v) is 5.14. The number of halogens is 3. The van der Waals surface area contributed by atoms with Gasteiger partial charge in [0.2, 0.25) is 0 Å². The van der Waals surface area contributed by atoms with E-state index >= 15 is 0 Å². The summed E-state index contributed by atoms with van der Waals surface area (Å²) >= 11 is 17.5. The smallest absolute Gasteiger partial charge is 0.359 e. The highest BCUT2D eigenvalue weighted by Crippen LogP contribution is 2.31. The molecular weight excluding hydrogens is 363 g/mol. The summed E-state index contributed by atoms with van der Waals surface area (Å²) in [6.45, 7) is 1.72. The van der Waals surface area contributed by atoms with Crippen LogP contribution in [0.4, 0.5) is 0 Å². The zero-order valence-corrected chi connectivity index (χ0v) is 14.8. The van der Waals surface area contributed by atoms with Crippen molar-refractivity contribution in [3.63, 3.8) is 0 Å². The number of rotatable bonds is 4. The van der Waals surface area contributed by atoms with E-state index in [4.69, 9.17) is 39.5 Å². The predicted octanol–water partition coefficient (Wildman–Crippen LogP) is 3.89. The average molecular weight is 380 g/mol. The summed E-state index contributed by atoms with van der Waals surface area (Å²) in [5.41, 5.74) is -0.167. The predicted molar refractivity (Wildman–Crippen MR) is 89.1 cm³/mol. The Balaban J connectivity index is 1.89. The molecule has 8 heteroatoms. The number of ether oxygens (including phenoxy) is 1. The van der Waals surface area contributed by atoms with Gasteiger partial charge in [0.25, 0.3) is 5.91 Å². The Morgan fingerprint density at radius 2 is 1.96 bits per heavy atom. The molecule has 0 aromatic carbocycles. The van der Waals surface area contributed by atoms with Gasteiger partial charge >= 0.3 is 5.97 Å². The van der Waals surface area contributed by atoms with Gasteiger partial charge in [-0.15, -0.1) is 0 Å². The van der Waals surface area contributed by atoms with Gasteiger partial charge in [-0.25, -0.2) is 9.78 Å². The molecule has 0 bridgehead atoms. The second-order valence-electron chi connectivity index (χ2n) is 5.59. The van der Waals surface area contributed by atoms with Crippen molar-refractivity contribution >= 4 is 46.7 Å². The Bertz CT molecular complexity index is 610. The van der Waals surface area contributed by atoms with E-state index < -0.39 is 5.97 Å². The molecule has 23 heavy (non-hydrogen) atoms. The van der Waals surface area contributed by atoms with Crippen LogP contribution in [0.5, 0.6) is 0 Å². The molecule has 1 aromatic heterocycles. The highest BCUT2D eigenvalue weighted by atomic mass is 35.5. The van der Waals surface area contributed by atoms with Crippen molar-refractivity contribution in [2.24, 2.45) is 5.92 Å². The average Bonchev–Trinajstić information content (AvgIpc) is 2.53. The molecule has 2 atom stereocenters. The van der Waals surface area contributed by atoms with Crippen LogP contribution in [0.15, 0.2) is 6.20 Å². The number of hydrogen-bond donors (Lipinski definition) is 1. The fourth-order valence-corrected chi connectivity index (χ4v) is 3.12. The minimum atomic E-state index is -0.819. The van der Waals surface area contributed by atoms with Gasteiger partial charge in [0.05, 0.1) is 15.1 Å². The number of nitrogens with one attached hydrogen (secondary N) is 1. The minimum absolute atomic E-state index is 0.0239. The summed E-state index contributed by atoms with van der Waals surface area (Å²) in [6, 6.07) is 0.127. The van der Waals surface area contributed by atoms with Crippen LogP contribution in [-0.2, 0) is 9.53 Å². The molecule has 1 aromatic rings. The van der Waals surface area contributed by atoms with Crippen LogP contribution in [0.1, 0.15) is 43.1 Å². The summed E-state index contributed by atoms with van der Waals surface area (Å²) in [5.74, 6) is -0.733. The standard InChI is InChI=1S/C15H17Cl3N2O3/c1-8-4-2-3-5-10(8)20-11(21)7-23-15(22)14-13(18)12(17)9(16)6-19-14/h6,8,10H,2-5,7H2,1H3,(H,20,21). The Hall–Kier alpha value is -1.04. The summed E-state index contributed by atoms with van der Waals surface area (Å²) in [7, 11) is 0. The van der Waals surface area contributed by atoms with Gasteiger partial charge in [-0.1, -0.05) is 54.6 Å². The van der Waals surface area contributed by atoms with E-state index in [1.165, 1.54) is 12.6 Å². The molecule has 5 nitrogen and oxygen atoms in total. The number of hydrogen-bond acceptors (Lipinski definition) is 4. The first-order valence-electron chi connectivity index (χ1n) is 7.36. The Morgan fingerprint density at radius 1 is 1.26 bits per heavy atom. The second-order valence-corrected chi connectivity index (χ2v) is 6.76. The molecule has 1 amide bonds. The van der Waals surface area contributed by atoms with Crippen molar-refractivity contribution in [2.75, 3.05) is 6.61 Å². The quantitative estimate of drug-likeness (QED) is 0.806. The monoisotopic (exact) mass is 378 g/mol. The number of carbonyl (C=O) groups excluding carboxylic acids is 2. The summed E-state index contributed by atoms with van der Waals surface area (Å²) in [5, 5.41) is 2.96. The lowest BCUT2D eigenvalue weighted by atomic mass is 9.86. The first-order chi connectivity index (χ1) is 10.9. The first-order valence-corrected chi connectivity index (χ1v) is 8.49. The SMILES string of the molecule is CC1CCCCC1NC(=O)COC(=O)c1ncc(Cl)c(Cl)c1Cl. The van der Waals surface area contributed by atoms with Crippen molar-refractivity contribution in [3.05, 3.63) is 27.0 Å². The summed E-state index contributed by atoms with van der Waals surface area (Å²) < 4.78 is 4.94. The lowest BCUT2D eigenvalue weighted by molar-refractivity contribution is -0.125. The molecule has 0 saturated heterocycles. The van der Waals surface area contributed by atoms with Gasteiger partial charge in [0.15, 0.2) is 12.3 Å². The molecule has 2 rings (SSSR count). The molecule has 2 unspecified atom stereocenters. The molecule has 1 fully saturated rings. The molecule has 0 aliphatic heterocycles. The van der Waals surface area contributed by atoms with E-state index in [1.54, 1.807) is 0 Å². The molecule has 1 saturated carbocycles. The van der Waals surface area contributed by atoms with Crippen LogP contribution in [0.2, 0.25) is 15.1 Å². The second kappa shape index (κ2) is 8.18. The number of pyridine rings is 1. The van der Waals surface area contributed by atoms with Gasteiger partial charge in [0, 0.05) is 12.2 Å². The van der Waals surface area contributed by atoms with Crippen LogP contribution < -0.4 is 5.32 Å². The zero-order valence-electron chi connectivity index (χ0n) is 12.6. The topological polar surface area (TPSA) is 68.3 Å². The Kier molecular flexibility index (Phi) is 6.50. The number of carbonyl (C=O) groups is 2. The van der Waals surface area contributed by atoms with E-state index in [0.717, 1.165) is 19.3 Å². The van der Waals surface area contributed by atoms with Crippen LogP contribution in [0, 0.1) is 5.92 Å². The lowest BCUT2D eigenvalue weighted by Crippen LogP contribution is -2.42. The molecule has 1 aliphatic carbocycles. The van der Waals surface area contributed by atoms with Crippen LogP contribution in [0.3, 0.4) is 0 Å². The minimum Gasteiger partial charge on any atom is -0.451 e. The van der Waals surface area contributed by atoms with Gasteiger partial charge < -0.3 is 10.1 Å². The molecule has 0 radical (unpaired) electrons. The third kappa shape index (κ3) is 4.72. The van der Waals surface area contributed by atoms with E-state index in [9.17, 15) is 9.59 Å². The van der Waals surface area contributed by atoms with E-state index in [-0.39, 0.29) is 39.3 Å². The molecular formula is C15H17Cl3N2O3. The number of amides is 1. The van der Waals surface area contributed by atoms with E-state index in [1.807, 2.05) is 0 Å². The van der Waals surface area contributed by atoms with Crippen molar-refractivity contribution in [1.82, 2.24) is 10.3 Å². The third-order valence-electron chi connectivity index (χ3n) is 3.90. The van der Waals surface area contributed by atoms with Gasteiger partial charge in [-0.05, 0) is 18.8 Å². The van der Waals surface area contributed by atoms with E-state index in [0.29, 0.717) is 5.92 Å². The van der Waals surface area contributed by atoms with Crippen LogP contribution >= 0.6 is 34.8 Å². The molecule has 1 N–H and O–H groups in total.